The van der Waals surface area contributed by atoms with E-state index in [4.69, 9.17) is 13.9 Å². The van der Waals surface area contributed by atoms with Crippen molar-refractivity contribution in [2.24, 2.45) is 0 Å². The van der Waals surface area contributed by atoms with Crippen LogP contribution in [0.4, 0.5) is 5.69 Å². The summed E-state index contributed by atoms with van der Waals surface area (Å²) in [5.41, 5.74) is 1.73. The molecule has 1 aliphatic rings. The van der Waals surface area contributed by atoms with Crippen LogP contribution in [-0.2, 0) is 4.79 Å². The lowest BCUT2D eigenvalue weighted by molar-refractivity contribution is -0.122. The van der Waals surface area contributed by atoms with Crippen LogP contribution in [-0.4, -0.2) is 18.6 Å². The SMILES string of the molecule is CCCCCCCCOc1ccc([C@H]2c3c(c4ccccc4oc3=O)O[C@H]2C(=O)Nc2ccccc2)cc1. The first-order valence-electron chi connectivity index (χ1n) is 13.5. The fourth-order valence-electron chi connectivity index (χ4n) is 5.00. The number of nitrogens with one attached hydrogen (secondary N) is 1. The second-order valence-electron chi connectivity index (χ2n) is 9.69. The van der Waals surface area contributed by atoms with Crippen LogP contribution in [0.5, 0.6) is 11.5 Å². The van der Waals surface area contributed by atoms with Crippen LogP contribution in [0.2, 0.25) is 0 Å². The summed E-state index contributed by atoms with van der Waals surface area (Å²) >= 11 is 0. The molecule has 1 N–H and O–H groups in total. The van der Waals surface area contributed by atoms with Crippen molar-refractivity contribution in [2.75, 3.05) is 11.9 Å². The maximum absolute atomic E-state index is 13.5. The number of hydrogen-bond acceptors (Lipinski definition) is 5. The molecule has 0 saturated carbocycles. The number of carbonyl (C=O) groups is 1. The van der Waals surface area contributed by atoms with Crippen molar-refractivity contribution in [1.82, 2.24) is 0 Å². The Bertz CT molecular complexity index is 1430. The molecule has 1 aromatic heterocycles. The summed E-state index contributed by atoms with van der Waals surface area (Å²) in [7, 11) is 0. The van der Waals surface area contributed by atoms with Gasteiger partial charge in [-0.25, -0.2) is 4.79 Å². The Hall–Kier alpha value is -4.06. The maximum Gasteiger partial charge on any atom is 0.344 e. The van der Waals surface area contributed by atoms with Crippen molar-refractivity contribution in [3.05, 3.63) is 100 Å². The molecule has 0 aliphatic carbocycles. The molecule has 6 nitrogen and oxygen atoms in total. The van der Waals surface area contributed by atoms with E-state index in [-0.39, 0.29) is 5.91 Å². The first kappa shape index (κ1) is 25.6. The Morgan fingerprint density at radius 3 is 2.37 bits per heavy atom. The monoisotopic (exact) mass is 511 g/mol. The van der Waals surface area contributed by atoms with E-state index in [9.17, 15) is 9.59 Å². The van der Waals surface area contributed by atoms with E-state index in [1.807, 2.05) is 66.7 Å². The molecule has 196 valence electrons. The second-order valence-corrected chi connectivity index (χ2v) is 9.69. The van der Waals surface area contributed by atoms with Gasteiger partial charge in [0.15, 0.2) is 6.10 Å². The quantitative estimate of drug-likeness (QED) is 0.172. The molecule has 3 aromatic carbocycles. The summed E-state index contributed by atoms with van der Waals surface area (Å²) in [6, 6.07) is 24.0. The van der Waals surface area contributed by atoms with Crippen LogP contribution < -0.4 is 20.4 Å². The Morgan fingerprint density at radius 1 is 0.868 bits per heavy atom. The number of rotatable bonds is 11. The molecule has 2 atom stereocenters. The van der Waals surface area contributed by atoms with Gasteiger partial charge in [0.1, 0.15) is 17.1 Å². The number of anilines is 1. The van der Waals surface area contributed by atoms with Gasteiger partial charge in [0, 0.05) is 5.69 Å². The summed E-state index contributed by atoms with van der Waals surface area (Å²) in [6.07, 6.45) is 6.29. The normalized spacial score (nSPS) is 16.1. The van der Waals surface area contributed by atoms with E-state index < -0.39 is 17.6 Å². The molecule has 0 spiro atoms. The van der Waals surface area contributed by atoms with Gasteiger partial charge in [0.25, 0.3) is 5.91 Å². The zero-order chi connectivity index (χ0) is 26.3. The Balaban J connectivity index is 1.39. The Morgan fingerprint density at radius 2 is 1.58 bits per heavy atom. The molecule has 5 rings (SSSR count). The van der Waals surface area contributed by atoms with Gasteiger partial charge in [0.05, 0.1) is 23.5 Å². The lowest BCUT2D eigenvalue weighted by Crippen LogP contribution is -2.35. The van der Waals surface area contributed by atoms with E-state index in [2.05, 4.69) is 12.2 Å². The van der Waals surface area contributed by atoms with Crippen molar-refractivity contribution >= 4 is 22.6 Å². The Kier molecular flexibility index (Phi) is 8.07. The van der Waals surface area contributed by atoms with Gasteiger partial charge in [-0.2, -0.15) is 0 Å². The van der Waals surface area contributed by atoms with Crippen LogP contribution >= 0.6 is 0 Å². The molecule has 0 radical (unpaired) electrons. The number of hydrogen-bond donors (Lipinski definition) is 1. The predicted octanol–water partition coefficient (Wildman–Crippen LogP) is 7.06. The minimum atomic E-state index is -0.936. The molecule has 4 aromatic rings. The number of carbonyl (C=O) groups excluding carboxylic acids is 1. The second kappa shape index (κ2) is 12.0. The molecule has 1 amide bonds. The minimum Gasteiger partial charge on any atom is -0.494 e. The fourth-order valence-corrected chi connectivity index (χ4v) is 5.00. The summed E-state index contributed by atoms with van der Waals surface area (Å²) in [5.74, 6) is 0.210. The largest absolute Gasteiger partial charge is 0.494 e. The molecular formula is C32H33NO5. The van der Waals surface area contributed by atoms with Gasteiger partial charge in [-0.3, -0.25) is 4.79 Å². The van der Waals surface area contributed by atoms with Crippen LogP contribution in [0.25, 0.3) is 11.0 Å². The van der Waals surface area contributed by atoms with Crippen molar-refractivity contribution in [2.45, 2.75) is 57.5 Å². The molecular weight excluding hydrogens is 478 g/mol. The molecule has 2 heterocycles. The van der Waals surface area contributed by atoms with Crippen LogP contribution in [0, 0.1) is 0 Å². The lowest BCUT2D eigenvalue weighted by atomic mass is 9.88. The smallest absolute Gasteiger partial charge is 0.344 e. The van der Waals surface area contributed by atoms with Gasteiger partial charge in [-0.05, 0) is 48.4 Å². The van der Waals surface area contributed by atoms with Crippen LogP contribution in [0.3, 0.4) is 0 Å². The number of ether oxygens (including phenoxy) is 2. The van der Waals surface area contributed by atoms with E-state index >= 15 is 0 Å². The van der Waals surface area contributed by atoms with Crippen LogP contribution in [0.1, 0.15) is 62.5 Å². The molecule has 1 aliphatic heterocycles. The molecule has 0 bridgehead atoms. The maximum atomic E-state index is 13.5. The van der Waals surface area contributed by atoms with Gasteiger partial charge >= 0.3 is 5.63 Å². The molecule has 0 unspecified atom stereocenters. The number of fused-ring (bicyclic) bond motifs is 3. The third kappa shape index (κ3) is 5.59. The summed E-state index contributed by atoms with van der Waals surface area (Å²) < 4.78 is 17.8. The first-order valence-corrected chi connectivity index (χ1v) is 13.5. The summed E-state index contributed by atoms with van der Waals surface area (Å²) in [4.78, 5) is 26.6. The van der Waals surface area contributed by atoms with E-state index in [1.165, 1.54) is 25.7 Å². The van der Waals surface area contributed by atoms with E-state index in [0.717, 1.165) is 24.2 Å². The first-order chi connectivity index (χ1) is 18.7. The average molecular weight is 512 g/mol. The van der Waals surface area contributed by atoms with Crippen molar-refractivity contribution < 1.29 is 18.7 Å². The highest BCUT2D eigenvalue weighted by molar-refractivity contribution is 5.97. The van der Waals surface area contributed by atoms with Gasteiger partial charge in [0.2, 0.25) is 0 Å². The number of para-hydroxylation sites is 2. The zero-order valence-electron chi connectivity index (χ0n) is 21.7. The zero-order valence-corrected chi connectivity index (χ0v) is 21.7. The lowest BCUT2D eigenvalue weighted by Gasteiger charge is -2.19. The number of benzene rings is 3. The summed E-state index contributed by atoms with van der Waals surface area (Å²) in [5, 5.41) is 3.60. The summed E-state index contributed by atoms with van der Waals surface area (Å²) in [6.45, 7) is 2.88. The van der Waals surface area contributed by atoms with Gasteiger partial charge in [-0.1, -0.05) is 81.5 Å². The highest BCUT2D eigenvalue weighted by atomic mass is 16.5. The molecule has 38 heavy (non-hydrogen) atoms. The molecule has 0 saturated heterocycles. The third-order valence-corrected chi connectivity index (χ3v) is 6.96. The van der Waals surface area contributed by atoms with Crippen molar-refractivity contribution in [3.63, 3.8) is 0 Å². The number of amides is 1. The van der Waals surface area contributed by atoms with Gasteiger partial charge < -0.3 is 19.2 Å². The van der Waals surface area contributed by atoms with Crippen LogP contribution in [0.15, 0.2) is 88.1 Å². The highest BCUT2D eigenvalue weighted by Crippen LogP contribution is 2.44. The topological polar surface area (TPSA) is 77.8 Å². The predicted molar refractivity (Wildman–Crippen MR) is 149 cm³/mol. The minimum absolute atomic E-state index is 0.329. The standard InChI is InChI=1S/C32H33NO5/c1-2-3-4-5-6-12-21-36-24-19-17-22(18-20-24)27-28-29(25-15-10-11-16-26(25)37-32(28)35)38-30(27)31(34)33-23-13-8-7-9-14-23/h7-11,13-20,27,30H,2-6,12,21H2,1H3,(H,33,34)/t27-,30+/m0/s1. The van der Waals surface area contributed by atoms with E-state index in [1.54, 1.807) is 12.1 Å². The van der Waals surface area contributed by atoms with Crippen molar-refractivity contribution in [3.8, 4) is 11.5 Å². The molecule has 6 heteroatoms. The molecule has 0 fully saturated rings. The van der Waals surface area contributed by atoms with E-state index in [0.29, 0.717) is 34.6 Å². The van der Waals surface area contributed by atoms with Crippen molar-refractivity contribution in [1.29, 1.82) is 0 Å². The Labute approximate surface area is 222 Å². The van der Waals surface area contributed by atoms with Gasteiger partial charge in [-0.15, -0.1) is 0 Å². The average Bonchev–Trinajstić information content (AvgIpc) is 3.35. The number of unbranched alkanes of at least 4 members (excludes halogenated alkanes) is 5. The highest BCUT2D eigenvalue weighted by Gasteiger charge is 2.44. The third-order valence-electron chi connectivity index (χ3n) is 6.96. The fraction of sp³-hybridized carbons (Fsp3) is 0.312.